The van der Waals surface area contributed by atoms with E-state index in [2.05, 4.69) is 20.7 Å². The Bertz CT molecular complexity index is 467. The number of amides is 1. The smallest absolute Gasteiger partial charge is 0.239 e. The first-order valence-corrected chi connectivity index (χ1v) is 7.43. The summed E-state index contributed by atoms with van der Waals surface area (Å²) in [5, 5.41) is 10.1. The molecule has 2 atom stereocenters. The van der Waals surface area contributed by atoms with Gasteiger partial charge in [0.1, 0.15) is 5.76 Å². The van der Waals surface area contributed by atoms with Crippen molar-refractivity contribution in [3.05, 3.63) is 11.8 Å². The number of nitrogens with zero attached hydrogens (tertiary/aromatic N) is 2. The molecular weight excluding hydrogens is 256 g/mol. The van der Waals surface area contributed by atoms with E-state index >= 15 is 0 Å². The quantitative estimate of drug-likeness (QED) is 0.864. The van der Waals surface area contributed by atoms with Gasteiger partial charge in [-0.15, -0.1) is 0 Å². The van der Waals surface area contributed by atoms with E-state index in [0.29, 0.717) is 30.2 Å². The predicted molar refractivity (Wildman–Crippen MR) is 75.5 cm³/mol. The zero-order valence-electron chi connectivity index (χ0n) is 11.9. The van der Waals surface area contributed by atoms with E-state index in [1.807, 2.05) is 6.92 Å². The van der Waals surface area contributed by atoms with Gasteiger partial charge in [0.05, 0.1) is 6.54 Å². The molecule has 2 N–H and O–H groups in total. The van der Waals surface area contributed by atoms with Gasteiger partial charge in [-0.2, -0.15) is 0 Å². The Labute approximate surface area is 118 Å². The van der Waals surface area contributed by atoms with Crippen LogP contribution in [0.1, 0.15) is 31.4 Å². The van der Waals surface area contributed by atoms with E-state index in [-0.39, 0.29) is 5.91 Å². The monoisotopic (exact) mass is 278 g/mol. The second kappa shape index (κ2) is 5.93. The summed E-state index contributed by atoms with van der Waals surface area (Å²) in [6.45, 7) is 4.37. The van der Waals surface area contributed by atoms with Crippen molar-refractivity contribution in [2.24, 2.45) is 0 Å². The van der Waals surface area contributed by atoms with E-state index < -0.39 is 0 Å². The third-order valence-electron chi connectivity index (χ3n) is 4.22. The topological polar surface area (TPSA) is 70.4 Å². The molecule has 2 saturated heterocycles. The third kappa shape index (κ3) is 3.02. The van der Waals surface area contributed by atoms with Crippen LogP contribution in [0.2, 0.25) is 0 Å². The lowest BCUT2D eigenvalue weighted by Gasteiger charge is -2.28. The first-order chi connectivity index (χ1) is 9.72. The van der Waals surface area contributed by atoms with Crippen LogP contribution in [0, 0.1) is 6.92 Å². The van der Waals surface area contributed by atoms with Gasteiger partial charge in [-0.05, 0) is 45.7 Å². The van der Waals surface area contributed by atoms with Crippen LogP contribution in [-0.4, -0.2) is 47.7 Å². The van der Waals surface area contributed by atoms with Crippen molar-refractivity contribution in [1.82, 2.24) is 15.4 Å². The Balaban J connectivity index is 1.54. The number of hydrogen-bond donors (Lipinski definition) is 2. The van der Waals surface area contributed by atoms with Gasteiger partial charge in [0.25, 0.3) is 0 Å². The Kier molecular flexibility index (Phi) is 4.03. The molecule has 3 rings (SSSR count). The van der Waals surface area contributed by atoms with Crippen LogP contribution in [0.5, 0.6) is 0 Å². The number of nitrogens with one attached hydrogen (secondary N) is 2. The van der Waals surface area contributed by atoms with E-state index in [4.69, 9.17) is 4.52 Å². The zero-order valence-corrected chi connectivity index (χ0v) is 11.9. The molecule has 2 fully saturated rings. The highest BCUT2D eigenvalue weighted by molar-refractivity contribution is 5.91. The minimum absolute atomic E-state index is 0.0109. The van der Waals surface area contributed by atoms with Crippen molar-refractivity contribution in [3.8, 4) is 0 Å². The van der Waals surface area contributed by atoms with Crippen molar-refractivity contribution in [2.45, 2.75) is 44.7 Å². The van der Waals surface area contributed by atoms with Crippen LogP contribution in [0.4, 0.5) is 5.82 Å². The molecule has 6 heteroatoms. The third-order valence-corrected chi connectivity index (χ3v) is 4.22. The molecule has 20 heavy (non-hydrogen) atoms. The number of carbonyl (C=O) groups excluding carboxylic acids is 1. The Morgan fingerprint density at radius 2 is 2.45 bits per heavy atom. The van der Waals surface area contributed by atoms with Crippen LogP contribution in [-0.2, 0) is 4.79 Å². The number of rotatable bonds is 4. The van der Waals surface area contributed by atoms with Crippen molar-refractivity contribution in [1.29, 1.82) is 0 Å². The van der Waals surface area contributed by atoms with Gasteiger partial charge in [-0.3, -0.25) is 9.69 Å². The highest BCUT2D eigenvalue weighted by Crippen LogP contribution is 2.24. The fourth-order valence-corrected chi connectivity index (χ4v) is 3.34. The first kappa shape index (κ1) is 13.6. The maximum absolute atomic E-state index is 12.1. The summed E-state index contributed by atoms with van der Waals surface area (Å²) in [6.07, 6.45) is 4.85. The SMILES string of the molecule is Cc1cc(NC(=O)CN2CCCC2C2CCCN2)no1. The van der Waals surface area contributed by atoms with Crippen LogP contribution >= 0.6 is 0 Å². The predicted octanol–water partition coefficient (Wildman–Crippen LogP) is 1.14. The lowest BCUT2D eigenvalue weighted by atomic mass is 10.0. The second-order valence-electron chi connectivity index (χ2n) is 5.75. The number of aromatic nitrogens is 1. The highest BCUT2D eigenvalue weighted by Gasteiger charge is 2.33. The van der Waals surface area contributed by atoms with E-state index in [0.717, 1.165) is 13.1 Å². The van der Waals surface area contributed by atoms with Gasteiger partial charge in [0.15, 0.2) is 5.82 Å². The molecule has 1 aromatic heterocycles. The number of aryl methyl sites for hydroxylation is 1. The summed E-state index contributed by atoms with van der Waals surface area (Å²) in [7, 11) is 0. The van der Waals surface area contributed by atoms with Crippen LogP contribution in [0.3, 0.4) is 0 Å². The Hall–Kier alpha value is -1.40. The lowest BCUT2D eigenvalue weighted by molar-refractivity contribution is -0.117. The Morgan fingerprint density at radius 1 is 1.55 bits per heavy atom. The molecule has 6 nitrogen and oxygen atoms in total. The summed E-state index contributed by atoms with van der Waals surface area (Å²) in [4.78, 5) is 14.4. The van der Waals surface area contributed by atoms with Crippen LogP contribution in [0.15, 0.2) is 10.6 Å². The van der Waals surface area contributed by atoms with Gasteiger partial charge in [0.2, 0.25) is 5.91 Å². The maximum atomic E-state index is 12.1. The Morgan fingerprint density at radius 3 is 3.15 bits per heavy atom. The van der Waals surface area contributed by atoms with Gasteiger partial charge < -0.3 is 15.2 Å². The average Bonchev–Trinajstić information content (AvgIpc) is 3.10. The van der Waals surface area contributed by atoms with Gasteiger partial charge >= 0.3 is 0 Å². The summed E-state index contributed by atoms with van der Waals surface area (Å²) in [6, 6.07) is 2.79. The number of carbonyl (C=O) groups is 1. The molecule has 3 heterocycles. The minimum Gasteiger partial charge on any atom is -0.360 e. The maximum Gasteiger partial charge on any atom is 0.239 e. The first-order valence-electron chi connectivity index (χ1n) is 7.43. The molecule has 2 aliphatic rings. The van der Waals surface area contributed by atoms with Crippen molar-refractivity contribution in [2.75, 3.05) is 25.0 Å². The normalized spacial score (nSPS) is 27.1. The number of anilines is 1. The van der Waals surface area contributed by atoms with Crippen molar-refractivity contribution < 1.29 is 9.32 Å². The largest absolute Gasteiger partial charge is 0.360 e. The minimum atomic E-state index is -0.0109. The fourth-order valence-electron chi connectivity index (χ4n) is 3.34. The molecule has 110 valence electrons. The molecule has 0 radical (unpaired) electrons. The van der Waals surface area contributed by atoms with E-state index in [1.165, 1.54) is 25.7 Å². The molecule has 0 spiro atoms. The highest BCUT2D eigenvalue weighted by atomic mass is 16.5. The van der Waals surface area contributed by atoms with E-state index in [1.54, 1.807) is 6.07 Å². The zero-order chi connectivity index (χ0) is 13.9. The second-order valence-corrected chi connectivity index (χ2v) is 5.75. The molecule has 2 aliphatic heterocycles. The average molecular weight is 278 g/mol. The molecular formula is C14H22N4O2. The van der Waals surface area contributed by atoms with Crippen LogP contribution < -0.4 is 10.6 Å². The van der Waals surface area contributed by atoms with Gasteiger partial charge in [-0.25, -0.2) is 0 Å². The molecule has 0 aliphatic carbocycles. The molecule has 1 aromatic rings. The van der Waals surface area contributed by atoms with Gasteiger partial charge in [-0.1, -0.05) is 5.16 Å². The number of hydrogen-bond acceptors (Lipinski definition) is 5. The van der Waals surface area contributed by atoms with Crippen molar-refractivity contribution >= 4 is 11.7 Å². The van der Waals surface area contributed by atoms with Crippen LogP contribution in [0.25, 0.3) is 0 Å². The summed E-state index contributed by atoms with van der Waals surface area (Å²) in [5.74, 6) is 1.19. The summed E-state index contributed by atoms with van der Waals surface area (Å²) in [5.41, 5.74) is 0. The standard InChI is InChI=1S/C14H22N4O2/c1-10-8-13(17-20-10)16-14(19)9-18-7-3-5-12(18)11-4-2-6-15-11/h8,11-12,15H,2-7,9H2,1H3,(H,16,17,19). The van der Waals surface area contributed by atoms with Crippen molar-refractivity contribution in [3.63, 3.8) is 0 Å². The lowest BCUT2D eigenvalue weighted by Crippen LogP contribution is -2.46. The van der Waals surface area contributed by atoms with E-state index in [9.17, 15) is 4.79 Å². The van der Waals surface area contributed by atoms with Gasteiger partial charge in [0, 0.05) is 18.2 Å². The molecule has 0 aromatic carbocycles. The summed E-state index contributed by atoms with van der Waals surface area (Å²) < 4.78 is 4.95. The molecule has 2 unspecified atom stereocenters. The molecule has 0 saturated carbocycles. The molecule has 1 amide bonds. The molecule has 0 bridgehead atoms. The fraction of sp³-hybridized carbons (Fsp3) is 0.714. The number of likely N-dealkylation sites (tertiary alicyclic amines) is 1. The summed E-state index contributed by atoms with van der Waals surface area (Å²) >= 11 is 0.